The summed E-state index contributed by atoms with van der Waals surface area (Å²) in [4.78, 5) is 4.09. The van der Waals surface area contributed by atoms with Gasteiger partial charge in [-0.1, -0.05) is 20.3 Å². The van der Waals surface area contributed by atoms with Crippen LogP contribution in [0.1, 0.15) is 40.0 Å². The van der Waals surface area contributed by atoms with E-state index in [1.807, 2.05) is 20.8 Å². The van der Waals surface area contributed by atoms with E-state index in [0.29, 0.717) is 6.54 Å². The van der Waals surface area contributed by atoms with Crippen molar-refractivity contribution < 1.29 is 8.42 Å². The Kier molecular flexibility index (Phi) is 6.38. The van der Waals surface area contributed by atoms with Crippen molar-refractivity contribution in [3.63, 3.8) is 0 Å². The van der Waals surface area contributed by atoms with Crippen LogP contribution in [0.2, 0.25) is 0 Å². The number of anilines is 1. The van der Waals surface area contributed by atoms with Gasteiger partial charge >= 0.3 is 0 Å². The quantitative estimate of drug-likeness (QED) is 0.566. The summed E-state index contributed by atoms with van der Waals surface area (Å²) < 4.78 is 27.2. The summed E-state index contributed by atoms with van der Waals surface area (Å²) in [5.74, 6) is 5.54. The fourth-order valence-electron chi connectivity index (χ4n) is 1.93. The normalized spacial score (nSPS) is 13.4. The molecule has 0 fully saturated rings. The number of nitrogens with one attached hydrogen (secondary N) is 1. The maximum Gasteiger partial charge on any atom is 0.247 e. The zero-order chi connectivity index (χ0) is 15.2. The lowest BCUT2D eigenvalue weighted by Gasteiger charge is -2.28. The molecular formula is C13H24N4O2S. The molecule has 1 heterocycles. The largest absolute Gasteiger partial charge is 0.307 e. The van der Waals surface area contributed by atoms with Gasteiger partial charge in [-0.15, -0.1) is 0 Å². The van der Waals surface area contributed by atoms with Crippen LogP contribution in [0, 0.1) is 0 Å². The minimum atomic E-state index is -3.60. The maximum atomic E-state index is 12.8. The molecule has 0 aliphatic rings. The Balaban J connectivity index is 3.21. The van der Waals surface area contributed by atoms with Crippen LogP contribution in [0.3, 0.4) is 0 Å². The van der Waals surface area contributed by atoms with E-state index < -0.39 is 10.0 Å². The predicted molar refractivity (Wildman–Crippen MR) is 80.6 cm³/mol. The summed E-state index contributed by atoms with van der Waals surface area (Å²) in [7, 11) is -3.60. The van der Waals surface area contributed by atoms with Crippen molar-refractivity contribution in [1.29, 1.82) is 0 Å². The third kappa shape index (κ3) is 3.68. The molecule has 0 saturated carbocycles. The first-order valence-electron chi connectivity index (χ1n) is 6.92. The van der Waals surface area contributed by atoms with E-state index in [4.69, 9.17) is 5.84 Å². The average molecular weight is 300 g/mol. The first-order valence-corrected chi connectivity index (χ1v) is 8.36. The number of rotatable bonds is 8. The van der Waals surface area contributed by atoms with Crippen molar-refractivity contribution in [3.8, 4) is 0 Å². The van der Waals surface area contributed by atoms with E-state index in [1.54, 1.807) is 6.07 Å². The van der Waals surface area contributed by atoms with Gasteiger partial charge in [-0.25, -0.2) is 19.2 Å². The number of pyridine rings is 1. The van der Waals surface area contributed by atoms with Crippen LogP contribution in [0.15, 0.2) is 23.2 Å². The fraction of sp³-hybridized carbons (Fsp3) is 0.615. The van der Waals surface area contributed by atoms with Gasteiger partial charge in [-0.3, -0.25) is 0 Å². The van der Waals surface area contributed by atoms with E-state index in [-0.39, 0.29) is 16.8 Å². The second-order valence-electron chi connectivity index (χ2n) is 4.72. The van der Waals surface area contributed by atoms with Gasteiger partial charge in [-0.2, -0.15) is 4.31 Å². The van der Waals surface area contributed by atoms with Crippen molar-refractivity contribution in [3.05, 3.63) is 18.3 Å². The van der Waals surface area contributed by atoms with Crippen molar-refractivity contribution in [2.75, 3.05) is 12.0 Å². The van der Waals surface area contributed by atoms with Crippen molar-refractivity contribution in [2.45, 2.75) is 51.0 Å². The van der Waals surface area contributed by atoms with Gasteiger partial charge in [0.25, 0.3) is 0 Å². The van der Waals surface area contributed by atoms with E-state index in [2.05, 4.69) is 10.4 Å². The zero-order valence-corrected chi connectivity index (χ0v) is 13.2. The van der Waals surface area contributed by atoms with Crippen LogP contribution in [0.25, 0.3) is 0 Å². The van der Waals surface area contributed by atoms with Gasteiger partial charge in [0.2, 0.25) is 10.0 Å². The second-order valence-corrected chi connectivity index (χ2v) is 6.58. The van der Waals surface area contributed by atoms with E-state index in [9.17, 15) is 8.42 Å². The topological polar surface area (TPSA) is 88.3 Å². The highest BCUT2D eigenvalue weighted by Gasteiger charge is 2.30. The lowest BCUT2D eigenvalue weighted by molar-refractivity contribution is 0.324. The Morgan fingerprint density at radius 2 is 2.15 bits per heavy atom. The third-order valence-electron chi connectivity index (χ3n) is 3.31. The average Bonchev–Trinajstić information content (AvgIpc) is 2.46. The van der Waals surface area contributed by atoms with Crippen LogP contribution < -0.4 is 11.3 Å². The first kappa shape index (κ1) is 16.9. The lowest BCUT2D eigenvalue weighted by Crippen LogP contribution is -2.39. The minimum Gasteiger partial charge on any atom is -0.307 e. The standard InChI is InChI=1S/C13H24N4O2S/c1-4-6-10-17(11(3)5-2)20(18,19)12-8-7-9-15-13(12)16-14/h7-9,11H,4-6,10,14H2,1-3H3,(H,15,16). The number of sulfonamides is 1. The monoisotopic (exact) mass is 300 g/mol. The summed E-state index contributed by atoms with van der Waals surface area (Å²) in [5.41, 5.74) is 2.35. The zero-order valence-electron chi connectivity index (χ0n) is 12.3. The lowest BCUT2D eigenvalue weighted by atomic mass is 10.2. The molecule has 7 heteroatoms. The smallest absolute Gasteiger partial charge is 0.247 e. The highest BCUT2D eigenvalue weighted by molar-refractivity contribution is 7.89. The number of nitrogen functional groups attached to an aromatic ring is 1. The van der Waals surface area contributed by atoms with Crippen molar-refractivity contribution >= 4 is 15.8 Å². The molecule has 0 aromatic carbocycles. The summed E-state index contributed by atoms with van der Waals surface area (Å²) in [5, 5.41) is 0. The molecule has 1 aromatic heterocycles. The van der Waals surface area contributed by atoms with Gasteiger partial charge in [0.1, 0.15) is 4.90 Å². The van der Waals surface area contributed by atoms with Crippen molar-refractivity contribution in [2.24, 2.45) is 5.84 Å². The fourth-order valence-corrected chi connectivity index (χ4v) is 3.78. The van der Waals surface area contributed by atoms with E-state index in [0.717, 1.165) is 19.3 Å². The highest BCUT2D eigenvalue weighted by atomic mass is 32.2. The Labute approximate surface area is 121 Å². The maximum absolute atomic E-state index is 12.8. The molecule has 20 heavy (non-hydrogen) atoms. The minimum absolute atomic E-state index is 0.0580. The molecule has 0 amide bonds. The van der Waals surface area contributed by atoms with Crippen LogP contribution in [0.5, 0.6) is 0 Å². The van der Waals surface area contributed by atoms with Gasteiger partial charge in [0.05, 0.1) is 0 Å². The Hall–Kier alpha value is -1.18. The summed E-state index contributed by atoms with van der Waals surface area (Å²) in [6, 6.07) is 3.07. The number of hydrogen-bond acceptors (Lipinski definition) is 5. The van der Waals surface area contributed by atoms with Gasteiger partial charge < -0.3 is 5.43 Å². The number of hydrazine groups is 1. The number of hydrogen-bond donors (Lipinski definition) is 2. The van der Waals surface area contributed by atoms with Crippen LogP contribution in [0.4, 0.5) is 5.82 Å². The molecule has 114 valence electrons. The van der Waals surface area contributed by atoms with Gasteiger partial charge in [0.15, 0.2) is 5.82 Å². The molecule has 0 spiro atoms. The number of nitrogens with two attached hydrogens (primary N) is 1. The van der Waals surface area contributed by atoms with Crippen LogP contribution in [-0.2, 0) is 10.0 Å². The molecule has 3 N–H and O–H groups in total. The molecule has 0 aliphatic carbocycles. The predicted octanol–water partition coefficient (Wildman–Crippen LogP) is 1.96. The van der Waals surface area contributed by atoms with Crippen LogP contribution in [-0.4, -0.2) is 30.3 Å². The summed E-state index contributed by atoms with van der Waals surface area (Å²) >= 11 is 0. The Morgan fingerprint density at radius 1 is 1.45 bits per heavy atom. The number of nitrogens with zero attached hydrogens (tertiary/aromatic N) is 2. The summed E-state index contributed by atoms with van der Waals surface area (Å²) in [6.07, 6.45) is 4.04. The van der Waals surface area contributed by atoms with Crippen molar-refractivity contribution in [1.82, 2.24) is 9.29 Å². The second kappa shape index (κ2) is 7.56. The number of aromatic nitrogens is 1. The molecule has 1 aromatic rings. The molecular weight excluding hydrogens is 276 g/mol. The first-order chi connectivity index (χ1) is 9.48. The molecule has 6 nitrogen and oxygen atoms in total. The Morgan fingerprint density at radius 3 is 2.70 bits per heavy atom. The summed E-state index contributed by atoms with van der Waals surface area (Å²) in [6.45, 7) is 6.44. The molecule has 0 radical (unpaired) electrons. The van der Waals surface area contributed by atoms with E-state index in [1.165, 1.54) is 16.6 Å². The molecule has 0 saturated heterocycles. The molecule has 0 bridgehead atoms. The SMILES string of the molecule is CCCCN(C(C)CC)S(=O)(=O)c1cccnc1NN. The van der Waals surface area contributed by atoms with E-state index >= 15 is 0 Å². The van der Waals surface area contributed by atoms with Gasteiger partial charge in [-0.05, 0) is 31.9 Å². The van der Waals surface area contributed by atoms with Gasteiger partial charge in [0, 0.05) is 18.8 Å². The molecule has 1 unspecified atom stereocenters. The molecule has 1 rings (SSSR count). The highest BCUT2D eigenvalue weighted by Crippen LogP contribution is 2.24. The number of unbranched alkanes of at least 4 members (excludes halogenated alkanes) is 1. The Bertz CT molecular complexity index is 519. The molecule has 0 aliphatic heterocycles. The molecule has 1 atom stereocenters. The third-order valence-corrected chi connectivity index (χ3v) is 5.35. The van der Waals surface area contributed by atoms with Crippen LogP contribution >= 0.6 is 0 Å².